The highest BCUT2D eigenvalue weighted by atomic mass is 19.4. The van der Waals surface area contributed by atoms with E-state index in [4.69, 9.17) is 5.26 Å². The van der Waals surface area contributed by atoms with E-state index in [9.17, 15) is 22.0 Å². The monoisotopic (exact) mass is 236 g/mol. The zero-order valence-corrected chi connectivity index (χ0v) is 7.94. The molecule has 0 aliphatic heterocycles. The summed E-state index contributed by atoms with van der Waals surface area (Å²) in [5.74, 6) is 0. The summed E-state index contributed by atoms with van der Waals surface area (Å²) in [6.45, 7) is 1.16. The molecule has 0 aromatic carbocycles. The highest BCUT2D eigenvalue weighted by Crippen LogP contribution is 2.38. The van der Waals surface area contributed by atoms with E-state index in [2.05, 4.69) is 4.98 Å². The van der Waals surface area contributed by atoms with Crippen molar-refractivity contribution in [2.45, 2.75) is 19.5 Å². The number of aryl methyl sites for hydroxylation is 1. The van der Waals surface area contributed by atoms with Crippen LogP contribution in [0.4, 0.5) is 22.0 Å². The summed E-state index contributed by atoms with van der Waals surface area (Å²) in [4.78, 5) is 3.34. The van der Waals surface area contributed by atoms with Crippen molar-refractivity contribution in [1.29, 1.82) is 5.26 Å². The Morgan fingerprint density at radius 2 is 1.94 bits per heavy atom. The highest BCUT2D eigenvalue weighted by molar-refractivity contribution is 5.46. The number of nitrogens with zero attached hydrogens (tertiary/aromatic N) is 2. The van der Waals surface area contributed by atoms with Crippen LogP contribution in [-0.4, -0.2) is 4.98 Å². The van der Waals surface area contributed by atoms with Crippen LogP contribution in [0.3, 0.4) is 0 Å². The summed E-state index contributed by atoms with van der Waals surface area (Å²) in [5, 5.41) is 8.53. The lowest BCUT2D eigenvalue weighted by Gasteiger charge is -2.14. The van der Waals surface area contributed by atoms with Crippen LogP contribution in [0, 0.1) is 18.3 Å². The maximum absolute atomic E-state index is 12.5. The van der Waals surface area contributed by atoms with E-state index in [1.165, 1.54) is 6.07 Å². The van der Waals surface area contributed by atoms with Crippen molar-refractivity contribution in [2.24, 2.45) is 0 Å². The summed E-state index contributed by atoms with van der Waals surface area (Å²) in [7, 11) is 0. The van der Waals surface area contributed by atoms with Crippen LogP contribution in [0.15, 0.2) is 6.20 Å². The summed E-state index contributed by atoms with van der Waals surface area (Å²) >= 11 is 0. The molecule has 0 fully saturated rings. The zero-order chi connectivity index (χ0) is 12.5. The average Bonchev–Trinajstić information content (AvgIpc) is 2.15. The van der Waals surface area contributed by atoms with E-state index in [1.54, 1.807) is 0 Å². The first-order valence-electron chi connectivity index (χ1n) is 4.04. The number of halogens is 5. The van der Waals surface area contributed by atoms with Gasteiger partial charge in [-0.05, 0) is 6.92 Å². The fourth-order valence-corrected chi connectivity index (χ4v) is 1.23. The lowest BCUT2D eigenvalue weighted by atomic mass is 10.0. The molecule has 0 atom stereocenters. The largest absolute Gasteiger partial charge is 0.418 e. The Morgan fingerprint density at radius 1 is 1.38 bits per heavy atom. The first-order valence-corrected chi connectivity index (χ1v) is 4.04. The van der Waals surface area contributed by atoms with Gasteiger partial charge >= 0.3 is 6.18 Å². The molecule has 1 rings (SSSR count). The van der Waals surface area contributed by atoms with Crippen molar-refractivity contribution in [3.63, 3.8) is 0 Å². The molecule has 0 saturated carbocycles. The van der Waals surface area contributed by atoms with Crippen LogP contribution in [-0.2, 0) is 6.18 Å². The van der Waals surface area contributed by atoms with E-state index in [0.29, 0.717) is 6.20 Å². The molecule has 0 saturated heterocycles. The van der Waals surface area contributed by atoms with E-state index >= 15 is 0 Å². The molecule has 0 bridgehead atoms. The van der Waals surface area contributed by atoms with Crippen molar-refractivity contribution in [1.82, 2.24) is 4.98 Å². The number of aromatic nitrogens is 1. The number of nitriles is 1. The van der Waals surface area contributed by atoms with Crippen molar-refractivity contribution in [2.75, 3.05) is 0 Å². The molecule has 16 heavy (non-hydrogen) atoms. The maximum atomic E-state index is 12.5. The van der Waals surface area contributed by atoms with Crippen LogP contribution in [0.5, 0.6) is 0 Å². The summed E-state index contributed by atoms with van der Waals surface area (Å²) in [6.07, 6.45) is -7.87. The minimum Gasteiger partial charge on any atom is -0.260 e. The first kappa shape index (κ1) is 12.4. The smallest absolute Gasteiger partial charge is 0.260 e. The van der Waals surface area contributed by atoms with Gasteiger partial charge in [0.05, 0.1) is 16.8 Å². The molecule has 0 radical (unpaired) electrons. The molecule has 86 valence electrons. The molecule has 1 aromatic rings. The Balaban J connectivity index is 3.63. The normalized spacial score (nSPS) is 11.6. The topological polar surface area (TPSA) is 36.7 Å². The third-order valence-electron chi connectivity index (χ3n) is 1.93. The van der Waals surface area contributed by atoms with E-state index in [-0.39, 0.29) is 5.69 Å². The van der Waals surface area contributed by atoms with Crippen molar-refractivity contribution >= 4 is 0 Å². The molecule has 1 heterocycles. The number of hydrogen-bond acceptors (Lipinski definition) is 2. The lowest BCUT2D eigenvalue weighted by Crippen LogP contribution is -2.14. The van der Waals surface area contributed by atoms with Gasteiger partial charge in [-0.15, -0.1) is 0 Å². The number of alkyl halides is 5. The van der Waals surface area contributed by atoms with Gasteiger partial charge in [-0.3, -0.25) is 4.98 Å². The minimum absolute atomic E-state index is 0.223. The molecule has 0 amide bonds. The summed E-state index contributed by atoms with van der Waals surface area (Å²) < 4.78 is 62.3. The van der Waals surface area contributed by atoms with Crippen LogP contribution in [0.25, 0.3) is 0 Å². The average molecular weight is 236 g/mol. The zero-order valence-electron chi connectivity index (χ0n) is 7.94. The molecule has 7 heteroatoms. The lowest BCUT2D eigenvalue weighted by molar-refractivity contribution is -0.139. The second kappa shape index (κ2) is 4.04. The molecule has 0 aliphatic carbocycles. The van der Waals surface area contributed by atoms with Gasteiger partial charge in [0.25, 0.3) is 6.43 Å². The van der Waals surface area contributed by atoms with Crippen molar-refractivity contribution in [3.05, 3.63) is 28.6 Å². The maximum Gasteiger partial charge on any atom is 0.418 e. The van der Waals surface area contributed by atoms with Crippen LogP contribution >= 0.6 is 0 Å². The second-order valence-electron chi connectivity index (χ2n) is 2.96. The molecular weight excluding hydrogens is 231 g/mol. The SMILES string of the molecule is Cc1ncc(C(F)F)c(C(F)(F)F)c1C#N. The molecule has 0 N–H and O–H groups in total. The van der Waals surface area contributed by atoms with Gasteiger partial charge in [0.2, 0.25) is 0 Å². The first-order chi connectivity index (χ1) is 7.29. The third-order valence-corrected chi connectivity index (χ3v) is 1.93. The number of rotatable bonds is 1. The standard InChI is InChI=1S/C9H5F5N2/c1-4-5(2-15)7(9(12,13)14)6(3-16-4)8(10)11/h3,8H,1H3. The molecule has 1 aromatic heterocycles. The van der Waals surface area contributed by atoms with Crippen LogP contribution in [0.1, 0.15) is 28.8 Å². The van der Waals surface area contributed by atoms with Crippen LogP contribution in [0.2, 0.25) is 0 Å². The minimum atomic E-state index is -5.00. The second-order valence-corrected chi connectivity index (χ2v) is 2.96. The Labute approximate surface area is 87.3 Å². The molecular formula is C9H5F5N2. The van der Waals surface area contributed by atoms with E-state index in [0.717, 1.165) is 6.92 Å². The Hall–Kier alpha value is -1.71. The number of pyridine rings is 1. The number of hydrogen-bond donors (Lipinski definition) is 0. The predicted octanol–water partition coefficient (Wildman–Crippen LogP) is 3.22. The van der Waals surface area contributed by atoms with E-state index in [1.807, 2.05) is 0 Å². The summed E-state index contributed by atoms with van der Waals surface area (Å²) in [6, 6.07) is 1.25. The van der Waals surface area contributed by atoms with Crippen molar-refractivity contribution in [3.8, 4) is 6.07 Å². The Morgan fingerprint density at radius 3 is 2.31 bits per heavy atom. The third kappa shape index (κ3) is 2.10. The Bertz CT molecular complexity index is 444. The molecule has 0 aliphatic rings. The van der Waals surface area contributed by atoms with Gasteiger partial charge in [0.1, 0.15) is 6.07 Å². The molecule has 0 spiro atoms. The quantitative estimate of drug-likeness (QED) is 0.702. The highest BCUT2D eigenvalue weighted by Gasteiger charge is 2.39. The van der Waals surface area contributed by atoms with Gasteiger partial charge in [0.15, 0.2) is 0 Å². The Kier molecular flexibility index (Phi) is 3.12. The molecule has 2 nitrogen and oxygen atoms in total. The van der Waals surface area contributed by atoms with Gasteiger partial charge in [0, 0.05) is 11.8 Å². The van der Waals surface area contributed by atoms with Gasteiger partial charge in [-0.25, -0.2) is 8.78 Å². The fourth-order valence-electron chi connectivity index (χ4n) is 1.23. The van der Waals surface area contributed by atoms with Gasteiger partial charge in [-0.2, -0.15) is 18.4 Å². The van der Waals surface area contributed by atoms with Gasteiger partial charge < -0.3 is 0 Å². The fraction of sp³-hybridized carbons (Fsp3) is 0.333. The molecule has 0 unspecified atom stereocenters. The van der Waals surface area contributed by atoms with E-state index < -0.39 is 29.3 Å². The summed E-state index contributed by atoms with van der Waals surface area (Å²) in [5.41, 5.74) is -3.95. The van der Waals surface area contributed by atoms with Crippen molar-refractivity contribution < 1.29 is 22.0 Å². The van der Waals surface area contributed by atoms with Crippen LogP contribution < -0.4 is 0 Å². The van der Waals surface area contributed by atoms with Gasteiger partial charge in [-0.1, -0.05) is 0 Å². The predicted molar refractivity (Wildman–Crippen MR) is 43.6 cm³/mol.